The Morgan fingerprint density at radius 3 is 2.22 bits per heavy atom. The largest absolute Gasteiger partial charge is 0.872 e. The normalized spacial score (nSPS) is 17.3. The highest BCUT2D eigenvalue weighted by Gasteiger charge is 2.29. The molecule has 0 aromatic heterocycles. The van der Waals surface area contributed by atoms with Gasteiger partial charge in [0.15, 0.2) is 12.3 Å². The molecule has 196 valence electrons. The molecule has 5 heteroatoms. The van der Waals surface area contributed by atoms with Crippen LogP contribution in [0.2, 0.25) is 0 Å². The second kappa shape index (κ2) is 13.7. The molecule has 36 heavy (non-hydrogen) atoms. The number of aliphatic imine (C=N–C) groups is 1. The summed E-state index contributed by atoms with van der Waals surface area (Å²) in [6, 6.07) is 6.97. The third kappa shape index (κ3) is 7.75. The summed E-state index contributed by atoms with van der Waals surface area (Å²) < 4.78 is 0.804. The van der Waals surface area contributed by atoms with E-state index in [2.05, 4.69) is 26.0 Å². The average molecular weight is 494 g/mol. The predicted molar refractivity (Wildman–Crippen MR) is 148 cm³/mol. The molecule has 0 saturated heterocycles. The minimum absolute atomic E-state index is 0.131. The first kappa shape index (κ1) is 28.1. The van der Waals surface area contributed by atoms with Crippen molar-refractivity contribution in [1.29, 1.82) is 0 Å². The van der Waals surface area contributed by atoms with E-state index in [-0.39, 0.29) is 17.6 Å². The van der Waals surface area contributed by atoms with Gasteiger partial charge in [0.05, 0.1) is 26.4 Å². The van der Waals surface area contributed by atoms with Crippen molar-refractivity contribution < 1.29 is 19.5 Å². The zero-order chi connectivity index (χ0) is 26.0. The highest BCUT2D eigenvalue weighted by molar-refractivity contribution is 6.29. The number of Topliss-reactive ketones (excluding diaryl/α,β-unsaturated/α-hetero) is 1. The zero-order valence-corrected chi connectivity index (χ0v) is 22.5. The Balaban J connectivity index is 1.47. The number of allylic oxidation sites excluding steroid dienone is 5. The summed E-state index contributed by atoms with van der Waals surface area (Å²) in [6.07, 6.45) is 18.2. The van der Waals surface area contributed by atoms with Crippen molar-refractivity contribution in [2.45, 2.75) is 77.2 Å². The van der Waals surface area contributed by atoms with E-state index in [0.717, 1.165) is 11.0 Å². The van der Waals surface area contributed by atoms with Gasteiger partial charge in [0.2, 0.25) is 6.10 Å². The maximum atomic E-state index is 13.2. The lowest BCUT2D eigenvalue weighted by Crippen LogP contribution is -2.46. The highest BCUT2D eigenvalue weighted by Crippen LogP contribution is 2.34. The van der Waals surface area contributed by atoms with E-state index < -0.39 is 0 Å². The molecule has 0 fully saturated rings. The third-order valence-corrected chi connectivity index (χ3v) is 7.24. The summed E-state index contributed by atoms with van der Waals surface area (Å²) in [5, 5.41) is 21.8. The number of benzene rings is 1. The molecule has 1 aromatic rings. The molecule has 0 radical (unpaired) electrons. The van der Waals surface area contributed by atoms with E-state index in [4.69, 9.17) is 5.11 Å². The van der Waals surface area contributed by atoms with Gasteiger partial charge in [-0.3, -0.25) is 9.79 Å². The Morgan fingerprint density at radius 2 is 1.56 bits per heavy atom. The van der Waals surface area contributed by atoms with Crippen molar-refractivity contribution in [2.24, 2.45) is 4.99 Å². The standard InChI is InChI=1S/C31H44N2O3/c1-4-5-6-7-8-9-10-11-12-15-21-33(2,3)23-24(34)22-32-28-20-16-19-27-29(28)31(36)26-18-14-13-17-25(26)30(27)35/h13-14,16-20,24,34H,4-12,15,21-23H2,1-3H3/p+1. The molecule has 1 aromatic carbocycles. The number of likely N-dealkylation sites (N-methyl/N-ethyl adjacent to an activating group) is 1. The number of hydrogen-bond donors (Lipinski definition) is 0. The summed E-state index contributed by atoms with van der Waals surface area (Å²) in [6.45, 7) is 4.36. The highest BCUT2D eigenvalue weighted by atomic mass is 16.3. The van der Waals surface area contributed by atoms with Crippen molar-refractivity contribution in [2.75, 3.05) is 33.7 Å². The fourth-order valence-corrected chi connectivity index (χ4v) is 5.24. The lowest BCUT2D eigenvalue weighted by atomic mass is 9.81. The molecule has 0 aliphatic heterocycles. The van der Waals surface area contributed by atoms with Crippen LogP contribution >= 0.6 is 0 Å². The molecule has 0 spiro atoms. The molecule has 0 heterocycles. The van der Waals surface area contributed by atoms with Crippen LogP contribution in [-0.2, 0) is 0 Å². The Labute approximate surface area is 217 Å². The molecule has 3 rings (SSSR count). The first-order valence-electron chi connectivity index (χ1n) is 13.9. The number of unbranched alkanes of at least 4 members (excludes halogenated alkanes) is 9. The van der Waals surface area contributed by atoms with Crippen molar-refractivity contribution >= 4 is 17.3 Å². The molecule has 0 bridgehead atoms. The summed E-state index contributed by atoms with van der Waals surface area (Å²) in [4.78, 5) is 17.6. The quantitative estimate of drug-likeness (QED) is 0.196. The van der Waals surface area contributed by atoms with Crippen molar-refractivity contribution in [3.05, 3.63) is 64.8 Å². The number of carbonyl (C=O) groups is 1. The number of rotatable bonds is 15. The van der Waals surface area contributed by atoms with Crippen LogP contribution in [-0.4, -0.2) is 60.9 Å². The maximum Gasteiger partial charge on any atom is 0.223 e. The van der Waals surface area contributed by atoms with Crippen molar-refractivity contribution in [3.63, 3.8) is 0 Å². The van der Waals surface area contributed by atoms with Crippen LogP contribution in [0.3, 0.4) is 0 Å². The molecule has 2 N–H and O–H groups in total. The fourth-order valence-electron chi connectivity index (χ4n) is 5.24. The van der Waals surface area contributed by atoms with Gasteiger partial charge >= 0.3 is 0 Å². The van der Waals surface area contributed by atoms with Crippen LogP contribution in [0, 0.1) is 0 Å². The Morgan fingerprint density at radius 1 is 0.944 bits per heavy atom. The lowest BCUT2D eigenvalue weighted by Gasteiger charge is -2.31. The summed E-state index contributed by atoms with van der Waals surface area (Å²) in [5.41, 5.74) is 2.22. The first-order chi connectivity index (χ1) is 17.3. The molecule has 2 aliphatic rings. The molecular formula is C31H45N2O3+. The molecule has 2 aliphatic carbocycles. The molecule has 0 amide bonds. The minimum atomic E-state index is -0.361. The molecule has 1 unspecified atom stereocenters. The molecule has 5 nitrogen and oxygen atoms in total. The number of fused-ring (bicyclic) bond motifs is 2. The summed E-state index contributed by atoms with van der Waals surface area (Å²) in [5.74, 6) is -0.285. The molecule has 0 saturated carbocycles. The monoisotopic (exact) mass is 493 g/mol. The maximum absolute atomic E-state index is 13.2. The van der Waals surface area contributed by atoms with Crippen LogP contribution in [0.5, 0.6) is 0 Å². The van der Waals surface area contributed by atoms with Gasteiger partial charge in [-0.1, -0.05) is 100 Å². The summed E-state index contributed by atoms with van der Waals surface area (Å²) in [7, 11) is 4.39. The van der Waals surface area contributed by atoms with Crippen LogP contribution in [0.1, 0.15) is 87.1 Å². The fraction of sp³-hybridized carbons (Fsp3) is 0.548. The van der Waals surface area contributed by atoms with Crippen LogP contribution in [0.4, 0.5) is 0 Å². The summed E-state index contributed by atoms with van der Waals surface area (Å²) >= 11 is 0. The smallest absolute Gasteiger partial charge is 0.223 e. The van der Waals surface area contributed by atoms with Crippen LogP contribution in [0.15, 0.2) is 58.6 Å². The first-order valence-corrected chi connectivity index (χ1v) is 13.9. The number of ketones is 1. The van der Waals surface area contributed by atoms with E-state index in [1.165, 1.54) is 64.2 Å². The van der Waals surface area contributed by atoms with Gasteiger partial charge in [0.25, 0.3) is 0 Å². The zero-order valence-electron chi connectivity index (χ0n) is 22.5. The second-order valence-electron chi connectivity index (χ2n) is 11.0. The van der Waals surface area contributed by atoms with Gasteiger partial charge in [-0.15, -0.1) is 0 Å². The Kier molecular flexibility index (Phi) is 10.7. The van der Waals surface area contributed by atoms with Gasteiger partial charge in [-0.2, -0.15) is 0 Å². The van der Waals surface area contributed by atoms with E-state index in [0.29, 0.717) is 41.1 Å². The van der Waals surface area contributed by atoms with Gasteiger partial charge < -0.3 is 14.7 Å². The lowest BCUT2D eigenvalue weighted by molar-refractivity contribution is -0.893. The average Bonchev–Trinajstić information content (AvgIpc) is 2.86. The minimum Gasteiger partial charge on any atom is -0.872 e. The topological polar surface area (TPSA) is 75.4 Å². The Hall–Kier alpha value is -2.50. The number of hydrogen-bond acceptors (Lipinski definition) is 3. The number of quaternary nitrogens is 1. The van der Waals surface area contributed by atoms with Gasteiger partial charge in [0.1, 0.15) is 6.54 Å². The van der Waals surface area contributed by atoms with Crippen molar-refractivity contribution in [1.82, 2.24) is 0 Å². The van der Waals surface area contributed by atoms with E-state index >= 15 is 0 Å². The van der Waals surface area contributed by atoms with Crippen molar-refractivity contribution in [3.8, 4) is 0 Å². The predicted octanol–water partition coefficient (Wildman–Crippen LogP) is 4.98. The van der Waals surface area contributed by atoms with Gasteiger partial charge in [-0.25, -0.2) is 0 Å². The third-order valence-electron chi connectivity index (χ3n) is 7.24. The molecule has 1 atom stereocenters. The SMILES string of the molecule is CCCCCCCCCCCC[N+](C)(C)CC([OH2+])CN=C1C=CC=C2C(=O)c3ccccc3C([O-])=C21. The van der Waals surface area contributed by atoms with Crippen LogP contribution in [0.25, 0.3) is 5.76 Å². The Bertz CT molecular complexity index is 1020. The van der Waals surface area contributed by atoms with E-state index in [1.807, 2.05) is 0 Å². The van der Waals surface area contributed by atoms with Crippen LogP contribution < -0.4 is 5.11 Å². The van der Waals surface area contributed by atoms with Gasteiger partial charge in [-0.05, 0) is 24.5 Å². The molecular weight excluding hydrogens is 448 g/mol. The number of nitrogens with zero attached hydrogens (tertiary/aromatic N) is 2. The van der Waals surface area contributed by atoms with E-state index in [9.17, 15) is 9.90 Å². The number of carbonyl (C=O) groups excluding carboxylic acids is 1. The van der Waals surface area contributed by atoms with E-state index in [1.54, 1.807) is 42.5 Å². The van der Waals surface area contributed by atoms with Gasteiger partial charge in [0, 0.05) is 16.7 Å². The second-order valence-corrected chi connectivity index (χ2v) is 11.0.